The van der Waals surface area contributed by atoms with E-state index in [9.17, 15) is 10.0 Å². The van der Waals surface area contributed by atoms with Crippen LogP contribution in [0.4, 0.5) is 0 Å². The number of hydrogen-bond donors (Lipinski definition) is 0. The van der Waals surface area contributed by atoms with Crippen LogP contribution in [0.15, 0.2) is 48.7 Å². The normalized spacial score (nSPS) is 13.6. The number of amides is 1. The van der Waals surface area contributed by atoms with Gasteiger partial charge in [-0.2, -0.15) is 0 Å². The lowest BCUT2D eigenvalue weighted by atomic mass is 10.00. The summed E-state index contributed by atoms with van der Waals surface area (Å²) in [5.41, 5.74) is 2.47. The van der Waals surface area contributed by atoms with E-state index in [1.807, 2.05) is 18.2 Å². The molecule has 0 N–H and O–H groups in total. The van der Waals surface area contributed by atoms with E-state index in [-0.39, 0.29) is 18.4 Å². The molecule has 0 saturated carbocycles. The molecule has 5 heteroatoms. The van der Waals surface area contributed by atoms with Crippen molar-refractivity contribution in [2.45, 2.75) is 13.0 Å². The van der Waals surface area contributed by atoms with E-state index in [0.717, 1.165) is 6.42 Å². The molecular weight excluding hydrogens is 268 g/mol. The Kier molecular flexibility index (Phi) is 3.73. The summed E-state index contributed by atoms with van der Waals surface area (Å²) in [6.07, 6.45) is 2.20. The van der Waals surface area contributed by atoms with Gasteiger partial charge in [0.2, 0.25) is 0 Å². The SMILES string of the molecule is O=C(COc1cccc[n+]1[O-])N1CCc2ccccc2C1. The zero-order chi connectivity index (χ0) is 14.7. The number of ether oxygens (including phenoxy) is 1. The largest absolute Gasteiger partial charge is 0.616 e. The van der Waals surface area contributed by atoms with Gasteiger partial charge in [-0.15, -0.1) is 4.73 Å². The van der Waals surface area contributed by atoms with E-state index in [0.29, 0.717) is 17.8 Å². The molecule has 1 aliphatic rings. The summed E-state index contributed by atoms with van der Waals surface area (Å²) in [5.74, 6) is 0.0385. The molecule has 0 radical (unpaired) electrons. The molecule has 0 spiro atoms. The topological polar surface area (TPSA) is 56.5 Å². The summed E-state index contributed by atoms with van der Waals surface area (Å²) in [6.45, 7) is 1.17. The molecule has 0 fully saturated rings. The molecule has 0 saturated heterocycles. The average Bonchev–Trinajstić information content (AvgIpc) is 2.53. The van der Waals surface area contributed by atoms with Crippen LogP contribution in [0.5, 0.6) is 5.88 Å². The van der Waals surface area contributed by atoms with Crippen LogP contribution in [-0.2, 0) is 17.8 Å². The molecule has 0 atom stereocenters. The van der Waals surface area contributed by atoms with E-state index in [2.05, 4.69) is 6.07 Å². The first-order chi connectivity index (χ1) is 10.2. The van der Waals surface area contributed by atoms with Crippen molar-refractivity contribution >= 4 is 5.91 Å². The third-order valence-corrected chi connectivity index (χ3v) is 3.62. The van der Waals surface area contributed by atoms with Gasteiger partial charge >= 0.3 is 5.88 Å². The van der Waals surface area contributed by atoms with Crippen LogP contribution in [-0.4, -0.2) is 24.0 Å². The van der Waals surface area contributed by atoms with Crippen LogP contribution in [0, 0.1) is 5.21 Å². The monoisotopic (exact) mass is 284 g/mol. The fourth-order valence-electron chi connectivity index (χ4n) is 2.46. The maximum Gasteiger partial charge on any atom is 0.379 e. The Bertz CT molecular complexity index is 657. The van der Waals surface area contributed by atoms with E-state index < -0.39 is 0 Å². The molecule has 5 nitrogen and oxygen atoms in total. The molecule has 1 amide bonds. The molecular formula is C16H16N2O3. The highest BCUT2D eigenvalue weighted by atomic mass is 16.6. The van der Waals surface area contributed by atoms with Gasteiger partial charge in [-0.3, -0.25) is 4.79 Å². The molecule has 0 bridgehead atoms. The number of hydrogen-bond acceptors (Lipinski definition) is 3. The van der Waals surface area contributed by atoms with Crippen LogP contribution in [0.3, 0.4) is 0 Å². The second-order valence-corrected chi connectivity index (χ2v) is 4.99. The molecule has 1 aromatic heterocycles. The predicted molar refractivity (Wildman–Crippen MR) is 76.5 cm³/mol. The number of carbonyl (C=O) groups excluding carboxylic acids is 1. The molecule has 1 aliphatic heterocycles. The van der Waals surface area contributed by atoms with Gasteiger partial charge in [-0.25, -0.2) is 0 Å². The smallest absolute Gasteiger partial charge is 0.379 e. The summed E-state index contributed by atoms with van der Waals surface area (Å²) in [4.78, 5) is 13.9. The van der Waals surface area contributed by atoms with Crippen molar-refractivity contribution in [3.63, 3.8) is 0 Å². The summed E-state index contributed by atoms with van der Waals surface area (Å²) in [7, 11) is 0. The lowest BCUT2D eigenvalue weighted by Gasteiger charge is -2.28. The van der Waals surface area contributed by atoms with Gasteiger partial charge in [-0.05, 0) is 23.6 Å². The van der Waals surface area contributed by atoms with Crippen molar-refractivity contribution in [3.05, 3.63) is 65.0 Å². The second kappa shape index (κ2) is 5.83. The number of rotatable bonds is 3. The first-order valence-electron chi connectivity index (χ1n) is 6.89. The fourth-order valence-corrected chi connectivity index (χ4v) is 2.46. The Morgan fingerprint density at radius 1 is 1.19 bits per heavy atom. The van der Waals surface area contributed by atoms with E-state index in [4.69, 9.17) is 4.74 Å². The van der Waals surface area contributed by atoms with Crippen molar-refractivity contribution < 1.29 is 14.3 Å². The molecule has 108 valence electrons. The zero-order valence-electron chi connectivity index (χ0n) is 11.6. The minimum absolute atomic E-state index is 0.103. The van der Waals surface area contributed by atoms with E-state index in [1.165, 1.54) is 17.3 Å². The predicted octanol–water partition coefficient (Wildman–Crippen LogP) is 1.28. The zero-order valence-corrected chi connectivity index (χ0v) is 11.6. The number of pyridine rings is 1. The number of benzene rings is 1. The highest BCUT2D eigenvalue weighted by Crippen LogP contribution is 2.18. The molecule has 0 unspecified atom stereocenters. The van der Waals surface area contributed by atoms with Gasteiger partial charge in [0.1, 0.15) is 0 Å². The van der Waals surface area contributed by atoms with Crippen molar-refractivity contribution in [3.8, 4) is 5.88 Å². The minimum Gasteiger partial charge on any atom is -0.616 e. The lowest BCUT2D eigenvalue weighted by molar-refractivity contribution is -0.612. The standard InChI is InChI=1S/C16H16N2O3/c19-15(12-21-16-7-3-4-9-18(16)20)17-10-8-13-5-1-2-6-14(13)11-17/h1-7,9H,8,10-12H2. The Labute approximate surface area is 123 Å². The maximum atomic E-state index is 12.2. The Morgan fingerprint density at radius 3 is 2.76 bits per heavy atom. The van der Waals surface area contributed by atoms with E-state index in [1.54, 1.807) is 23.1 Å². The Hall–Kier alpha value is -2.56. The first-order valence-corrected chi connectivity index (χ1v) is 6.89. The number of fused-ring (bicyclic) bond motifs is 1. The molecule has 21 heavy (non-hydrogen) atoms. The highest BCUT2D eigenvalue weighted by Gasteiger charge is 2.21. The second-order valence-electron chi connectivity index (χ2n) is 4.99. The quantitative estimate of drug-likeness (QED) is 0.630. The maximum absolute atomic E-state index is 12.2. The summed E-state index contributed by atoms with van der Waals surface area (Å²) in [5, 5.41) is 11.4. The minimum atomic E-state index is -0.117. The van der Waals surface area contributed by atoms with Crippen LogP contribution in [0.1, 0.15) is 11.1 Å². The summed E-state index contributed by atoms with van der Waals surface area (Å²) >= 11 is 0. The number of carbonyl (C=O) groups is 1. The van der Waals surface area contributed by atoms with Crippen LogP contribution < -0.4 is 9.47 Å². The highest BCUT2D eigenvalue weighted by molar-refractivity contribution is 5.78. The average molecular weight is 284 g/mol. The van der Waals surface area contributed by atoms with Crippen molar-refractivity contribution in [2.75, 3.05) is 13.2 Å². The number of nitrogens with zero attached hydrogens (tertiary/aromatic N) is 2. The third-order valence-electron chi connectivity index (χ3n) is 3.62. The van der Waals surface area contributed by atoms with Crippen LogP contribution >= 0.6 is 0 Å². The summed E-state index contributed by atoms with van der Waals surface area (Å²) in [6, 6.07) is 13.0. The van der Waals surface area contributed by atoms with E-state index >= 15 is 0 Å². The lowest BCUT2D eigenvalue weighted by Crippen LogP contribution is -2.40. The van der Waals surface area contributed by atoms with Gasteiger partial charge in [0.25, 0.3) is 5.91 Å². The number of aromatic nitrogens is 1. The Morgan fingerprint density at radius 2 is 1.95 bits per heavy atom. The van der Waals surface area contributed by atoms with Crippen molar-refractivity contribution in [1.82, 2.24) is 4.90 Å². The molecule has 2 heterocycles. The fraction of sp³-hybridized carbons (Fsp3) is 0.250. The third kappa shape index (κ3) is 2.97. The van der Waals surface area contributed by atoms with Crippen LogP contribution in [0.2, 0.25) is 0 Å². The molecule has 2 aromatic rings. The van der Waals surface area contributed by atoms with Crippen molar-refractivity contribution in [1.29, 1.82) is 0 Å². The Balaban J connectivity index is 1.61. The molecule has 0 aliphatic carbocycles. The summed E-state index contributed by atoms with van der Waals surface area (Å²) < 4.78 is 5.91. The molecule has 1 aromatic carbocycles. The van der Waals surface area contributed by atoms with Gasteiger partial charge in [0.15, 0.2) is 12.8 Å². The van der Waals surface area contributed by atoms with Gasteiger partial charge in [0, 0.05) is 19.2 Å². The molecule has 3 rings (SSSR count). The van der Waals surface area contributed by atoms with Crippen molar-refractivity contribution in [2.24, 2.45) is 0 Å². The van der Waals surface area contributed by atoms with Crippen LogP contribution in [0.25, 0.3) is 0 Å². The van der Waals surface area contributed by atoms with Gasteiger partial charge in [0.05, 0.1) is 6.07 Å². The van der Waals surface area contributed by atoms with Gasteiger partial charge in [-0.1, -0.05) is 24.3 Å². The first kappa shape index (κ1) is 13.4. The van der Waals surface area contributed by atoms with Gasteiger partial charge < -0.3 is 14.8 Å².